The molecule has 21 heteroatoms. The van der Waals surface area contributed by atoms with Crippen molar-refractivity contribution >= 4 is 47.6 Å². The van der Waals surface area contributed by atoms with Gasteiger partial charge < -0.3 is 63.3 Å². The average Bonchev–Trinajstić information content (AvgIpc) is 3.61. The van der Waals surface area contributed by atoms with Crippen LogP contribution in [-0.4, -0.2) is 157 Å². The second-order valence-electron chi connectivity index (χ2n) is 19.8. The van der Waals surface area contributed by atoms with Crippen LogP contribution in [0.1, 0.15) is 196 Å². The molecule has 1 aliphatic rings. The van der Waals surface area contributed by atoms with Crippen LogP contribution in [0.5, 0.6) is 0 Å². The molecular formula is C59H97N3O18. The van der Waals surface area contributed by atoms with E-state index in [0.717, 1.165) is 86.2 Å². The maximum absolute atomic E-state index is 13.5. The fourth-order valence-corrected chi connectivity index (χ4v) is 8.68. The van der Waals surface area contributed by atoms with E-state index in [9.17, 15) is 38.4 Å². The standard InChI is InChI=1S/C59H97N3O18/c1-8-9-10-11-12-13-14-15-16-17-18-19-20-21-22-23-24-25-26-27-28-30-33-53(68)61-36-39-73-41-43-74-42-40-72-38-34-54(69)60-35-31-29-32-37-76-59(58(70)71-7)44-51(77-48(4)65)55(62-46(2)63)57(80-59)56(79-50(6)67)52(78-49(5)66)45-75-47(3)64/h51-52,55-57H,8-18,23-45H2,1-7H3,(H,60,69)(H,61,68)(H,62,63)/t51-,52+,55+,56+,57+,59+/m0/s1. The van der Waals surface area contributed by atoms with E-state index in [0.29, 0.717) is 71.8 Å². The molecule has 1 rings (SSSR count). The summed E-state index contributed by atoms with van der Waals surface area (Å²) in [7, 11) is 1.07. The Morgan fingerprint density at radius 1 is 0.562 bits per heavy atom. The van der Waals surface area contributed by atoms with Crippen molar-refractivity contribution in [1.82, 2.24) is 16.0 Å². The van der Waals surface area contributed by atoms with Crippen molar-refractivity contribution in [3.63, 3.8) is 0 Å². The zero-order valence-electron chi connectivity index (χ0n) is 49.3. The minimum absolute atomic E-state index is 0.0315. The third kappa shape index (κ3) is 37.6. The lowest BCUT2D eigenvalue weighted by molar-refractivity contribution is -0.314. The van der Waals surface area contributed by atoms with Gasteiger partial charge in [-0.05, 0) is 50.4 Å². The number of hydrogen-bond acceptors (Lipinski definition) is 18. The molecule has 21 nitrogen and oxygen atoms in total. The highest BCUT2D eigenvalue weighted by atomic mass is 16.7. The molecule has 0 radical (unpaired) electrons. The van der Waals surface area contributed by atoms with Gasteiger partial charge in [-0.25, -0.2) is 4.79 Å². The van der Waals surface area contributed by atoms with Crippen LogP contribution in [0.4, 0.5) is 0 Å². The minimum Gasteiger partial charge on any atom is -0.465 e. The lowest BCUT2D eigenvalue weighted by Gasteiger charge is -2.48. The average molecular weight is 1140 g/mol. The van der Waals surface area contributed by atoms with E-state index in [1.54, 1.807) is 0 Å². The van der Waals surface area contributed by atoms with E-state index in [1.807, 2.05) is 0 Å². The molecule has 3 amide bonds. The van der Waals surface area contributed by atoms with Crippen LogP contribution in [0.2, 0.25) is 0 Å². The number of ether oxygens (including phenoxy) is 10. The summed E-state index contributed by atoms with van der Waals surface area (Å²) < 4.78 is 55.6. The maximum atomic E-state index is 13.5. The summed E-state index contributed by atoms with van der Waals surface area (Å²) in [6.45, 7) is 9.74. The van der Waals surface area contributed by atoms with Gasteiger partial charge >= 0.3 is 29.8 Å². The molecule has 3 N–H and O–H groups in total. The Kier molecular flexibility index (Phi) is 43.0. The lowest BCUT2D eigenvalue weighted by atomic mass is 9.88. The maximum Gasteiger partial charge on any atom is 0.366 e. The summed E-state index contributed by atoms with van der Waals surface area (Å²) in [6, 6.07) is -1.32. The van der Waals surface area contributed by atoms with Crippen molar-refractivity contribution < 1.29 is 85.7 Å². The number of unbranched alkanes of at least 4 members (excludes halogenated alkanes) is 18. The second kappa shape index (κ2) is 47.3. The number of amides is 3. The van der Waals surface area contributed by atoms with Crippen molar-refractivity contribution in [2.75, 3.05) is 73.1 Å². The van der Waals surface area contributed by atoms with Gasteiger partial charge in [0.05, 0.1) is 65.8 Å². The molecule has 6 atom stereocenters. The molecule has 0 aromatic rings. The van der Waals surface area contributed by atoms with E-state index in [1.165, 1.54) is 71.1 Å². The summed E-state index contributed by atoms with van der Waals surface area (Å²) in [5.74, 6) is 4.91. The van der Waals surface area contributed by atoms with Crippen LogP contribution >= 0.6 is 0 Å². The molecule has 0 spiro atoms. The fraction of sp³-hybridized carbons (Fsp3) is 0.797. The molecule has 456 valence electrons. The number of esters is 5. The Labute approximate surface area is 476 Å². The normalized spacial score (nSPS) is 17.2. The predicted octanol–water partition coefficient (Wildman–Crippen LogP) is 6.81. The van der Waals surface area contributed by atoms with E-state index in [2.05, 4.69) is 46.6 Å². The Morgan fingerprint density at radius 2 is 1.09 bits per heavy atom. The van der Waals surface area contributed by atoms with Crippen molar-refractivity contribution in [2.24, 2.45) is 0 Å². The molecule has 1 saturated heterocycles. The van der Waals surface area contributed by atoms with Crippen LogP contribution in [0.25, 0.3) is 0 Å². The summed E-state index contributed by atoms with van der Waals surface area (Å²) in [4.78, 5) is 99.4. The van der Waals surface area contributed by atoms with Crippen molar-refractivity contribution in [3.8, 4) is 23.7 Å². The number of carbonyl (C=O) groups excluding carboxylic acids is 8. The van der Waals surface area contributed by atoms with Crippen LogP contribution in [0.15, 0.2) is 0 Å². The lowest BCUT2D eigenvalue weighted by Crippen LogP contribution is -2.69. The second-order valence-corrected chi connectivity index (χ2v) is 19.8. The summed E-state index contributed by atoms with van der Waals surface area (Å²) >= 11 is 0. The largest absolute Gasteiger partial charge is 0.465 e. The molecular weight excluding hydrogens is 1040 g/mol. The molecule has 0 aromatic carbocycles. The van der Waals surface area contributed by atoms with E-state index in [4.69, 9.17) is 47.4 Å². The smallest absolute Gasteiger partial charge is 0.366 e. The Morgan fingerprint density at radius 3 is 1.64 bits per heavy atom. The molecule has 0 bridgehead atoms. The number of nitrogens with one attached hydrogen (secondary N) is 3. The Balaban J connectivity index is 2.27. The van der Waals surface area contributed by atoms with E-state index < -0.39 is 85.0 Å². The highest BCUT2D eigenvalue weighted by Gasteiger charge is 2.59. The number of rotatable bonds is 46. The predicted molar refractivity (Wildman–Crippen MR) is 297 cm³/mol. The van der Waals surface area contributed by atoms with Gasteiger partial charge in [0, 0.05) is 73.4 Å². The first-order valence-electron chi connectivity index (χ1n) is 29.1. The van der Waals surface area contributed by atoms with Crippen molar-refractivity contribution in [3.05, 3.63) is 0 Å². The van der Waals surface area contributed by atoms with Gasteiger partial charge in [0.15, 0.2) is 12.2 Å². The number of hydrogen-bond donors (Lipinski definition) is 3. The number of methoxy groups -OCH3 is 1. The monoisotopic (exact) mass is 1140 g/mol. The molecule has 0 aliphatic carbocycles. The zero-order chi connectivity index (χ0) is 59.1. The minimum atomic E-state index is -2.30. The molecule has 1 heterocycles. The quantitative estimate of drug-likeness (QED) is 0.0245. The first kappa shape index (κ1) is 72.7. The highest BCUT2D eigenvalue weighted by Crippen LogP contribution is 2.37. The van der Waals surface area contributed by atoms with E-state index >= 15 is 0 Å². The fourth-order valence-electron chi connectivity index (χ4n) is 8.68. The van der Waals surface area contributed by atoms with E-state index in [-0.39, 0.29) is 31.4 Å². The van der Waals surface area contributed by atoms with Crippen LogP contribution in [0, 0.1) is 23.7 Å². The SMILES string of the molecule is CCCCCCCCCCCCC#CC#CCCCCCCCCC(=O)NCCOCCOCCOCCC(=O)NCCCCCO[C@]1(C(=O)OC)C[C@H](OC(C)=O)[C@@H](NC(C)=O)[C@H]([C@H](OC(C)=O)[C@@H](COC(C)=O)OC(C)=O)O1. The van der Waals surface area contributed by atoms with Gasteiger partial charge in [0.25, 0.3) is 5.79 Å². The molecule has 0 aromatic heterocycles. The van der Waals surface area contributed by atoms with Crippen LogP contribution < -0.4 is 16.0 Å². The Bertz CT molecular complexity index is 1910. The van der Waals surface area contributed by atoms with Crippen molar-refractivity contribution in [1.29, 1.82) is 0 Å². The molecule has 1 aliphatic heterocycles. The number of carbonyl (C=O) groups is 8. The third-order valence-electron chi connectivity index (χ3n) is 12.6. The summed E-state index contributed by atoms with van der Waals surface area (Å²) in [5.41, 5.74) is 0. The van der Waals surface area contributed by atoms with Gasteiger partial charge in [0.1, 0.15) is 18.8 Å². The van der Waals surface area contributed by atoms with Crippen molar-refractivity contribution in [2.45, 2.75) is 232 Å². The highest BCUT2D eigenvalue weighted by molar-refractivity contribution is 5.79. The molecule has 0 saturated carbocycles. The van der Waals surface area contributed by atoms with Crippen LogP contribution in [0.3, 0.4) is 0 Å². The topological polar surface area (TPSA) is 265 Å². The van der Waals surface area contributed by atoms with Gasteiger partial charge in [-0.3, -0.25) is 33.6 Å². The third-order valence-corrected chi connectivity index (χ3v) is 12.6. The first-order chi connectivity index (χ1) is 38.5. The molecule has 80 heavy (non-hydrogen) atoms. The zero-order valence-corrected chi connectivity index (χ0v) is 49.3. The molecule has 0 unspecified atom stereocenters. The van der Waals surface area contributed by atoms with Gasteiger partial charge in [0.2, 0.25) is 17.7 Å². The summed E-state index contributed by atoms with van der Waals surface area (Å²) in [5, 5.41) is 8.33. The van der Waals surface area contributed by atoms with Gasteiger partial charge in [-0.1, -0.05) is 102 Å². The van der Waals surface area contributed by atoms with Crippen LogP contribution in [-0.2, 0) is 85.7 Å². The summed E-state index contributed by atoms with van der Waals surface area (Å²) in [6.07, 6.45) is 17.0. The van der Waals surface area contributed by atoms with Gasteiger partial charge in [-0.2, -0.15) is 0 Å². The Hall–Kier alpha value is -5.32. The van der Waals surface area contributed by atoms with Gasteiger partial charge in [-0.15, -0.1) is 0 Å². The molecule has 1 fully saturated rings. The first-order valence-corrected chi connectivity index (χ1v) is 29.1.